The van der Waals surface area contributed by atoms with Crippen molar-refractivity contribution in [1.29, 1.82) is 0 Å². The first kappa shape index (κ1) is 18.6. The third kappa shape index (κ3) is 5.41. The SMILES string of the molecule is Cc1ccc(P(=O)(OCC2CC=CCC2)OCC2CC=CCC2)cc1. The van der Waals surface area contributed by atoms with Gasteiger partial charge >= 0.3 is 7.60 Å². The van der Waals surface area contributed by atoms with Crippen LogP contribution in [0.5, 0.6) is 0 Å². The molecule has 1 aromatic rings. The summed E-state index contributed by atoms with van der Waals surface area (Å²) in [6, 6.07) is 7.72. The molecule has 1 aromatic carbocycles. The molecule has 0 N–H and O–H groups in total. The van der Waals surface area contributed by atoms with Crippen LogP contribution in [0.4, 0.5) is 0 Å². The van der Waals surface area contributed by atoms with E-state index >= 15 is 0 Å². The Morgan fingerprint density at radius 1 is 0.880 bits per heavy atom. The van der Waals surface area contributed by atoms with Crippen molar-refractivity contribution < 1.29 is 13.6 Å². The molecule has 0 aromatic heterocycles. The number of rotatable bonds is 7. The maximum absolute atomic E-state index is 13.5. The third-order valence-electron chi connectivity index (χ3n) is 5.07. The first-order valence-electron chi connectivity index (χ1n) is 9.42. The lowest BCUT2D eigenvalue weighted by molar-refractivity contribution is 0.161. The van der Waals surface area contributed by atoms with Gasteiger partial charge in [0.2, 0.25) is 0 Å². The van der Waals surface area contributed by atoms with Gasteiger partial charge in [-0.25, -0.2) is 0 Å². The van der Waals surface area contributed by atoms with Crippen molar-refractivity contribution >= 4 is 12.9 Å². The summed E-state index contributed by atoms with van der Waals surface area (Å²) in [6.07, 6.45) is 15.2. The second-order valence-electron chi connectivity index (χ2n) is 7.23. The van der Waals surface area contributed by atoms with Gasteiger partial charge in [0, 0.05) is 0 Å². The maximum Gasteiger partial charge on any atom is 0.361 e. The first-order valence-corrected chi connectivity index (χ1v) is 11.0. The molecule has 0 bridgehead atoms. The Kier molecular flexibility index (Phi) is 6.70. The molecule has 4 heteroatoms. The van der Waals surface area contributed by atoms with E-state index in [0.29, 0.717) is 30.4 Å². The van der Waals surface area contributed by atoms with Crippen molar-refractivity contribution in [3.05, 3.63) is 54.1 Å². The summed E-state index contributed by atoms with van der Waals surface area (Å²) in [5.41, 5.74) is 1.14. The van der Waals surface area contributed by atoms with Gasteiger partial charge in [-0.3, -0.25) is 4.57 Å². The largest absolute Gasteiger partial charge is 0.361 e. The third-order valence-corrected chi connectivity index (χ3v) is 6.97. The molecule has 2 aliphatic rings. The number of hydrogen-bond acceptors (Lipinski definition) is 3. The molecule has 0 saturated heterocycles. The van der Waals surface area contributed by atoms with Crippen molar-refractivity contribution in [3.63, 3.8) is 0 Å². The van der Waals surface area contributed by atoms with E-state index in [1.807, 2.05) is 31.2 Å². The minimum absolute atomic E-state index is 0.435. The van der Waals surface area contributed by atoms with Gasteiger partial charge < -0.3 is 9.05 Å². The van der Waals surface area contributed by atoms with E-state index in [1.165, 1.54) is 0 Å². The standard InChI is InChI=1S/C21H29O3P/c1-18-12-14-21(15-13-18)25(22,23-16-19-8-4-2-5-9-19)24-17-20-10-6-3-7-11-20/h2-4,6,12-15,19-20H,5,7-11,16-17H2,1H3. The molecule has 3 nitrogen and oxygen atoms in total. The summed E-state index contributed by atoms with van der Waals surface area (Å²) < 4.78 is 25.5. The van der Waals surface area contributed by atoms with Gasteiger partial charge in [-0.15, -0.1) is 0 Å². The van der Waals surface area contributed by atoms with Crippen molar-refractivity contribution in [2.75, 3.05) is 13.2 Å². The van der Waals surface area contributed by atoms with E-state index in [-0.39, 0.29) is 0 Å². The van der Waals surface area contributed by atoms with E-state index in [4.69, 9.17) is 9.05 Å². The van der Waals surface area contributed by atoms with E-state index in [2.05, 4.69) is 24.3 Å². The van der Waals surface area contributed by atoms with Crippen LogP contribution in [-0.2, 0) is 13.6 Å². The summed E-state index contributed by atoms with van der Waals surface area (Å²) in [6.45, 7) is 3.03. The predicted octanol–water partition coefficient (Wildman–Crippen LogP) is 5.56. The van der Waals surface area contributed by atoms with Crippen molar-refractivity contribution in [3.8, 4) is 0 Å². The minimum atomic E-state index is -3.27. The van der Waals surface area contributed by atoms with Crippen LogP contribution in [0, 0.1) is 18.8 Å². The Labute approximate surface area is 151 Å². The van der Waals surface area contributed by atoms with E-state index in [9.17, 15) is 4.57 Å². The summed E-state index contributed by atoms with van der Waals surface area (Å²) >= 11 is 0. The first-order chi connectivity index (χ1) is 12.2. The summed E-state index contributed by atoms with van der Waals surface area (Å²) in [7, 11) is -3.27. The highest BCUT2D eigenvalue weighted by Crippen LogP contribution is 2.48. The Bertz CT molecular complexity index is 616. The Morgan fingerprint density at radius 3 is 1.84 bits per heavy atom. The topological polar surface area (TPSA) is 35.5 Å². The molecule has 25 heavy (non-hydrogen) atoms. The fraction of sp³-hybridized carbons (Fsp3) is 0.524. The lowest BCUT2D eigenvalue weighted by atomic mass is 9.96. The van der Waals surface area contributed by atoms with Gasteiger partial charge in [-0.1, -0.05) is 42.0 Å². The summed E-state index contributed by atoms with van der Waals surface area (Å²) in [5.74, 6) is 0.870. The molecule has 0 fully saturated rings. The molecule has 3 rings (SSSR count). The highest BCUT2D eigenvalue weighted by Gasteiger charge is 2.30. The van der Waals surface area contributed by atoms with Gasteiger partial charge in [-0.05, 0) is 69.4 Å². The fourth-order valence-corrected chi connectivity index (χ4v) is 5.04. The molecule has 0 aliphatic heterocycles. The van der Waals surface area contributed by atoms with Crippen LogP contribution in [-0.4, -0.2) is 13.2 Å². The zero-order valence-electron chi connectivity index (χ0n) is 15.1. The molecular formula is C21H29O3P. The summed E-state index contributed by atoms with van der Waals surface area (Å²) in [4.78, 5) is 0. The molecular weight excluding hydrogens is 331 g/mol. The zero-order valence-corrected chi connectivity index (χ0v) is 16.0. The molecule has 0 heterocycles. The van der Waals surface area contributed by atoms with Gasteiger partial charge in [0.25, 0.3) is 0 Å². The molecule has 0 amide bonds. The second kappa shape index (κ2) is 8.98. The molecule has 2 unspecified atom stereocenters. The van der Waals surface area contributed by atoms with Crippen LogP contribution in [0.1, 0.15) is 44.1 Å². The van der Waals surface area contributed by atoms with Gasteiger partial charge in [0.15, 0.2) is 0 Å². The fourth-order valence-electron chi connectivity index (χ4n) is 3.34. The lowest BCUT2D eigenvalue weighted by Gasteiger charge is -2.25. The molecule has 0 radical (unpaired) electrons. The van der Waals surface area contributed by atoms with Crippen molar-refractivity contribution in [1.82, 2.24) is 0 Å². The van der Waals surface area contributed by atoms with Crippen molar-refractivity contribution in [2.24, 2.45) is 11.8 Å². The number of benzene rings is 1. The molecule has 0 spiro atoms. The monoisotopic (exact) mass is 360 g/mol. The number of allylic oxidation sites excluding steroid dienone is 4. The van der Waals surface area contributed by atoms with Gasteiger partial charge in [0.1, 0.15) is 0 Å². The minimum Gasteiger partial charge on any atom is -0.305 e. The highest BCUT2D eigenvalue weighted by atomic mass is 31.2. The van der Waals surface area contributed by atoms with Crippen LogP contribution in [0.2, 0.25) is 0 Å². The highest BCUT2D eigenvalue weighted by molar-refractivity contribution is 7.62. The molecule has 0 saturated carbocycles. The molecule has 2 aliphatic carbocycles. The van der Waals surface area contributed by atoms with E-state index < -0.39 is 7.60 Å². The smallest absolute Gasteiger partial charge is 0.305 e. The number of hydrogen-bond donors (Lipinski definition) is 0. The average Bonchev–Trinajstić information content (AvgIpc) is 2.67. The predicted molar refractivity (Wildman–Crippen MR) is 103 cm³/mol. The quantitative estimate of drug-likeness (QED) is 0.472. The van der Waals surface area contributed by atoms with E-state index in [0.717, 1.165) is 44.1 Å². The van der Waals surface area contributed by atoms with Gasteiger partial charge in [-0.2, -0.15) is 0 Å². The van der Waals surface area contributed by atoms with Crippen LogP contribution >= 0.6 is 7.60 Å². The normalized spacial score (nSPS) is 25.6. The lowest BCUT2D eigenvalue weighted by Crippen LogP contribution is -2.18. The number of aryl methyl sites for hydroxylation is 1. The van der Waals surface area contributed by atoms with Crippen LogP contribution in [0.15, 0.2) is 48.6 Å². The second-order valence-corrected chi connectivity index (χ2v) is 9.25. The van der Waals surface area contributed by atoms with Crippen molar-refractivity contribution in [2.45, 2.75) is 45.4 Å². The Morgan fingerprint density at radius 2 is 1.40 bits per heavy atom. The molecule has 2 atom stereocenters. The van der Waals surface area contributed by atoms with E-state index in [1.54, 1.807) is 0 Å². The van der Waals surface area contributed by atoms with Crippen LogP contribution in [0.25, 0.3) is 0 Å². The Hall–Kier alpha value is -1.15. The Balaban J connectivity index is 1.67. The average molecular weight is 360 g/mol. The summed E-state index contributed by atoms with van der Waals surface area (Å²) in [5, 5.41) is 0.677. The van der Waals surface area contributed by atoms with Crippen LogP contribution < -0.4 is 5.30 Å². The molecule has 136 valence electrons. The zero-order chi connectivity index (χ0) is 17.5. The van der Waals surface area contributed by atoms with Gasteiger partial charge in [0.05, 0.1) is 18.5 Å². The maximum atomic E-state index is 13.5. The van der Waals surface area contributed by atoms with Crippen LogP contribution in [0.3, 0.4) is 0 Å².